The van der Waals surface area contributed by atoms with E-state index in [1.165, 1.54) is 0 Å². The first-order valence-corrected chi connectivity index (χ1v) is 31.0. The average Bonchev–Trinajstić information content (AvgIpc) is 3.38. The standard InChI is InChI=1S/C18H34N2O7.C9H18O2.2C8H16O2.2C8H16OS.CH4/c1-5-7-24-9-11-26-17(22)19-13-15(16(21)14(3)4)20-18(23)27-12-10-25-8-6-2;1-5-8(4)6-11-9(10)7(2)3;4*1-6(2)8(9)7(3)5-10-4;/h14-15H,5-13H2,1-4H3,(H,19,22)(H,20,23);7-8H,5-6H2,1-4H3;4*6-7H,5H2,1-4H3;1H4. The summed E-state index contributed by atoms with van der Waals surface area (Å²) in [5.74, 6) is 4.30. The van der Waals surface area contributed by atoms with Crippen LogP contribution in [-0.2, 0) is 61.9 Å². The molecule has 472 valence electrons. The number of ketones is 5. The van der Waals surface area contributed by atoms with Crippen molar-refractivity contribution in [2.24, 2.45) is 65.1 Å². The van der Waals surface area contributed by atoms with Gasteiger partial charge in [-0.3, -0.25) is 28.8 Å². The summed E-state index contributed by atoms with van der Waals surface area (Å²) in [6, 6.07) is -0.905. The smallest absolute Gasteiger partial charge is 0.407 e. The molecule has 19 heteroatoms. The molecule has 0 aliphatic rings. The maximum atomic E-state index is 12.2. The number of carbonyl (C=O) groups excluding carboxylic acids is 8. The summed E-state index contributed by atoms with van der Waals surface area (Å²) in [7, 11) is 3.23. The van der Waals surface area contributed by atoms with Crippen LogP contribution in [0.1, 0.15) is 165 Å². The van der Waals surface area contributed by atoms with Crippen molar-refractivity contribution in [3.8, 4) is 0 Å². The molecule has 0 spiro atoms. The lowest BCUT2D eigenvalue weighted by Crippen LogP contribution is -2.50. The molecule has 0 fully saturated rings. The van der Waals surface area contributed by atoms with Gasteiger partial charge in [0.15, 0.2) is 5.78 Å². The monoisotopic (exact) mass is 1170 g/mol. The zero-order chi connectivity index (χ0) is 61.9. The van der Waals surface area contributed by atoms with Gasteiger partial charge >= 0.3 is 18.2 Å². The topological polar surface area (TPSA) is 225 Å². The number of esters is 1. The number of Topliss-reactive ketones (excluding diaryl/α,β-unsaturated/α-hetero) is 5. The maximum absolute atomic E-state index is 12.2. The Labute approximate surface area is 491 Å². The highest BCUT2D eigenvalue weighted by atomic mass is 32.2. The quantitative estimate of drug-likeness (QED) is 0.0342. The molecule has 6 unspecified atom stereocenters. The second-order valence-corrected chi connectivity index (χ2v) is 22.9. The number of rotatable bonds is 35. The average molecular weight is 1170 g/mol. The fraction of sp³-hybridized carbons (Fsp3) is 0.867. The normalized spacial score (nSPS) is 12.8. The van der Waals surface area contributed by atoms with Crippen LogP contribution in [0, 0.1) is 65.1 Å². The van der Waals surface area contributed by atoms with Gasteiger partial charge in [-0.2, -0.15) is 23.5 Å². The van der Waals surface area contributed by atoms with E-state index < -0.39 is 18.2 Å². The number of nitrogens with one attached hydrogen (secondary N) is 2. The summed E-state index contributed by atoms with van der Waals surface area (Å²) in [6.45, 7) is 42.0. The van der Waals surface area contributed by atoms with Crippen molar-refractivity contribution >= 4 is 70.6 Å². The summed E-state index contributed by atoms with van der Waals surface area (Å²) in [6.07, 6.45) is 5.47. The molecule has 0 radical (unpaired) electrons. The van der Waals surface area contributed by atoms with Crippen LogP contribution < -0.4 is 10.6 Å². The highest BCUT2D eigenvalue weighted by molar-refractivity contribution is 7.98. The van der Waals surface area contributed by atoms with Gasteiger partial charge in [0.05, 0.1) is 39.0 Å². The molecule has 0 rings (SSSR count). The fourth-order valence-corrected chi connectivity index (χ4v) is 7.37. The highest BCUT2D eigenvalue weighted by Gasteiger charge is 2.25. The zero-order valence-electron chi connectivity index (χ0n) is 53.5. The third-order valence-electron chi connectivity index (χ3n) is 10.8. The lowest BCUT2D eigenvalue weighted by molar-refractivity contribution is -0.148. The van der Waals surface area contributed by atoms with Gasteiger partial charge in [-0.05, 0) is 31.3 Å². The molecule has 0 saturated carbocycles. The molecule has 0 bridgehead atoms. The Morgan fingerprint density at radius 3 is 1.05 bits per heavy atom. The van der Waals surface area contributed by atoms with Crippen molar-refractivity contribution in [1.29, 1.82) is 0 Å². The molecule has 0 aromatic carbocycles. The Kier molecular flexibility index (Phi) is 67.6. The first-order valence-electron chi connectivity index (χ1n) is 28.2. The van der Waals surface area contributed by atoms with Gasteiger partial charge in [0, 0.05) is 98.7 Å². The van der Waals surface area contributed by atoms with E-state index in [0.29, 0.717) is 57.1 Å². The van der Waals surface area contributed by atoms with Crippen molar-refractivity contribution in [3.05, 3.63) is 0 Å². The Bertz CT molecular complexity index is 1420. The Morgan fingerprint density at radius 2 is 0.759 bits per heavy atom. The second kappa shape index (κ2) is 59.5. The Morgan fingerprint density at radius 1 is 0.418 bits per heavy atom. The van der Waals surface area contributed by atoms with Crippen molar-refractivity contribution in [2.75, 3.05) is 104 Å². The fourth-order valence-electron chi connectivity index (χ4n) is 6.04. The van der Waals surface area contributed by atoms with Gasteiger partial charge in [-0.15, -0.1) is 0 Å². The minimum absolute atomic E-state index is 0. The number of alkyl carbamates (subject to hydrolysis) is 2. The van der Waals surface area contributed by atoms with Gasteiger partial charge < -0.3 is 43.8 Å². The van der Waals surface area contributed by atoms with Crippen LogP contribution in [0.4, 0.5) is 9.59 Å². The van der Waals surface area contributed by atoms with Gasteiger partial charge in [0.25, 0.3) is 0 Å². The third-order valence-corrected chi connectivity index (χ3v) is 12.5. The van der Waals surface area contributed by atoms with E-state index in [2.05, 4.69) is 24.5 Å². The number of thioether (sulfide) groups is 2. The highest BCUT2D eigenvalue weighted by Crippen LogP contribution is 2.12. The van der Waals surface area contributed by atoms with Crippen molar-refractivity contribution in [2.45, 2.75) is 171 Å². The number of carbonyl (C=O) groups is 8. The first kappa shape index (κ1) is 89.7. The lowest BCUT2D eigenvalue weighted by atomic mass is 9.98. The summed E-state index contributed by atoms with van der Waals surface area (Å²) >= 11 is 3.47. The molecule has 0 saturated heterocycles. The molecule has 0 aromatic heterocycles. The van der Waals surface area contributed by atoms with E-state index in [4.69, 9.17) is 33.2 Å². The van der Waals surface area contributed by atoms with Crippen LogP contribution >= 0.6 is 23.5 Å². The van der Waals surface area contributed by atoms with Crippen molar-refractivity contribution < 1.29 is 71.5 Å². The van der Waals surface area contributed by atoms with Crippen molar-refractivity contribution in [1.82, 2.24) is 10.6 Å². The summed E-state index contributed by atoms with van der Waals surface area (Å²) in [5.41, 5.74) is 0. The lowest BCUT2D eigenvalue weighted by Gasteiger charge is -2.19. The van der Waals surface area contributed by atoms with Crippen LogP contribution in [0.3, 0.4) is 0 Å². The SMILES string of the molecule is C.CCC(C)COC(=O)C(C)C.CCCOCCOC(=O)NCC(NC(=O)OCCOCCC)C(=O)C(C)C.COCC(C)C(=O)C(C)C.COCC(C)C(=O)C(C)C.CSCC(C)C(=O)C(C)C.CSCC(C)C(=O)C(C)C. The molecule has 17 nitrogen and oxygen atoms in total. The van der Waals surface area contributed by atoms with Crippen LogP contribution in [0.25, 0.3) is 0 Å². The minimum Gasteiger partial charge on any atom is -0.465 e. The molecular formula is C60H120N2O15S2. The van der Waals surface area contributed by atoms with E-state index in [1.54, 1.807) is 51.6 Å². The molecule has 79 heavy (non-hydrogen) atoms. The zero-order valence-corrected chi connectivity index (χ0v) is 55.1. The predicted molar refractivity (Wildman–Crippen MR) is 328 cm³/mol. The minimum atomic E-state index is -0.905. The molecular weight excluding hydrogens is 1050 g/mol. The molecule has 0 aliphatic carbocycles. The van der Waals surface area contributed by atoms with Gasteiger partial charge in [0.1, 0.15) is 42.4 Å². The molecule has 6 atom stereocenters. The predicted octanol–water partition coefficient (Wildman–Crippen LogP) is 12.2. The van der Waals surface area contributed by atoms with E-state index >= 15 is 0 Å². The molecule has 0 heterocycles. The third kappa shape index (κ3) is 57.9. The van der Waals surface area contributed by atoms with Gasteiger partial charge in [-0.25, -0.2) is 9.59 Å². The summed E-state index contributed by atoms with van der Waals surface area (Å²) in [5, 5.41) is 4.93. The van der Waals surface area contributed by atoms with E-state index in [-0.39, 0.29) is 116 Å². The number of hydrogen-bond acceptors (Lipinski definition) is 17. The van der Waals surface area contributed by atoms with Gasteiger partial charge in [0.2, 0.25) is 0 Å². The summed E-state index contributed by atoms with van der Waals surface area (Å²) < 4.78 is 35.0. The Balaban J connectivity index is -0.000000168. The molecule has 2 N–H and O–H groups in total. The number of amides is 2. The van der Waals surface area contributed by atoms with Gasteiger partial charge in [-0.1, -0.05) is 152 Å². The van der Waals surface area contributed by atoms with E-state index in [1.807, 2.05) is 123 Å². The Hall–Kier alpha value is -3.10. The van der Waals surface area contributed by atoms with Crippen molar-refractivity contribution in [3.63, 3.8) is 0 Å². The summed E-state index contributed by atoms with van der Waals surface area (Å²) in [4.78, 5) is 91.4. The van der Waals surface area contributed by atoms with E-state index in [9.17, 15) is 38.4 Å². The number of hydrogen-bond donors (Lipinski definition) is 2. The van der Waals surface area contributed by atoms with Crippen LogP contribution in [0.5, 0.6) is 0 Å². The molecule has 0 aromatic rings. The van der Waals surface area contributed by atoms with E-state index in [0.717, 1.165) is 30.8 Å². The number of methoxy groups -OCH3 is 2. The largest absolute Gasteiger partial charge is 0.465 e. The van der Waals surface area contributed by atoms with Crippen LogP contribution in [-0.4, -0.2) is 157 Å². The molecule has 2 amide bonds. The maximum Gasteiger partial charge on any atom is 0.407 e. The second-order valence-electron chi connectivity index (χ2n) is 21.1. The van der Waals surface area contributed by atoms with Crippen LogP contribution in [0.2, 0.25) is 0 Å². The first-order chi connectivity index (χ1) is 36.4. The molecule has 0 aliphatic heterocycles. The van der Waals surface area contributed by atoms with Crippen LogP contribution in [0.15, 0.2) is 0 Å². The number of ether oxygens (including phenoxy) is 7.